The van der Waals surface area contributed by atoms with Gasteiger partial charge in [-0.2, -0.15) is 6.07 Å². The summed E-state index contributed by atoms with van der Waals surface area (Å²) in [7, 11) is 0. The normalized spacial score (nSPS) is 12.7. The second-order valence-corrected chi connectivity index (χ2v) is 16.4. The van der Waals surface area contributed by atoms with Crippen LogP contribution in [0.1, 0.15) is 79.1 Å². The number of fused-ring (bicyclic) bond motifs is 6. The maximum atomic E-state index is 5.31. The third-order valence-electron chi connectivity index (χ3n) is 9.70. The Labute approximate surface area is 308 Å². The molecule has 0 amide bonds. The monoisotopic (exact) mass is 837 g/mol. The molecule has 254 valence electrons. The van der Waals surface area contributed by atoms with E-state index in [0.29, 0.717) is 0 Å². The molecule has 8 aromatic rings. The molecule has 5 heterocycles. The Balaban J connectivity index is 0.00000392. The summed E-state index contributed by atoms with van der Waals surface area (Å²) in [6, 6.07) is 34.3. The Morgan fingerprint density at radius 2 is 1.32 bits per heavy atom. The van der Waals surface area contributed by atoms with Crippen molar-refractivity contribution in [1.29, 1.82) is 0 Å². The molecule has 7 heteroatoms. The standard InChI is InChI=1S/C43H42N6.Pt/c1-41(2,3)26-14-19-36-32(22-26)31-17-18-33(34-25-38(47-46-34)43(7,8)9)45-40(31)48(36)28-15-16-30-29-12-10-11-13-35(29)49(37(30)24-28)39-23-27(20-21-44-39)42(4,5)6;/h10-23,25H,1-9H3;/q-2;+2. The first-order chi connectivity index (χ1) is 23.2. The average Bonchev–Trinajstić information content (AvgIpc) is 3.76. The van der Waals surface area contributed by atoms with Gasteiger partial charge in [0.15, 0.2) is 0 Å². The Morgan fingerprint density at radius 1 is 0.620 bits per heavy atom. The van der Waals surface area contributed by atoms with Crippen LogP contribution in [0.15, 0.2) is 91.1 Å². The van der Waals surface area contributed by atoms with Gasteiger partial charge in [-0.15, -0.1) is 17.5 Å². The molecule has 0 aliphatic carbocycles. The van der Waals surface area contributed by atoms with Gasteiger partial charge in [-0.25, -0.2) is 9.97 Å². The number of hydrogen-bond donors (Lipinski definition) is 0. The van der Waals surface area contributed by atoms with Crippen molar-refractivity contribution in [3.8, 4) is 22.9 Å². The first-order valence-corrected chi connectivity index (χ1v) is 17.1. The van der Waals surface area contributed by atoms with Gasteiger partial charge in [0, 0.05) is 33.6 Å². The van der Waals surface area contributed by atoms with Crippen LogP contribution in [0.25, 0.3) is 66.6 Å². The SMILES string of the molecule is CC(C)(C)c1ccnc(-n2c3[c-]c(-n4c5ccc(C(C)(C)C)cc5c5ccc(-c6cc(C(C)(C)C)n[n-]6)nc54)ccc3c3ccccc32)c1.[Pt+2]. The number of hydrogen-bond acceptors (Lipinski definition) is 3. The predicted molar refractivity (Wildman–Crippen MR) is 202 cm³/mol. The summed E-state index contributed by atoms with van der Waals surface area (Å²) < 4.78 is 4.50. The van der Waals surface area contributed by atoms with Gasteiger partial charge in [0.1, 0.15) is 11.5 Å². The fourth-order valence-electron chi connectivity index (χ4n) is 6.79. The smallest absolute Gasteiger partial charge is 0.573 e. The molecular weight excluding hydrogens is 796 g/mol. The molecule has 0 atom stereocenters. The summed E-state index contributed by atoms with van der Waals surface area (Å²) in [6.45, 7) is 20.0. The Bertz CT molecular complexity index is 2560. The molecule has 0 spiro atoms. The third kappa shape index (κ3) is 5.58. The molecule has 0 radical (unpaired) electrons. The van der Waals surface area contributed by atoms with Gasteiger partial charge in [0.25, 0.3) is 0 Å². The van der Waals surface area contributed by atoms with Crippen molar-refractivity contribution >= 4 is 43.7 Å². The number of para-hydroxylation sites is 1. The fraction of sp³-hybridized carbons (Fsp3) is 0.279. The van der Waals surface area contributed by atoms with Crippen LogP contribution in [-0.2, 0) is 37.3 Å². The van der Waals surface area contributed by atoms with Gasteiger partial charge in [-0.3, -0.25) is 0 Å². The second-order valence-electron chi connectivity index (χ2n) is 16.4. The molecule has 0 aliphatic rings. The van der Waals surface area contributed by atoms with E-state index in [9.17, 15) is 0 Å². The van der Waals surface area contributed by atoms with Crippen LogP contribution in [0.3, 0.4) is 0 Å². The van der Waals surface area contributed by atoms with Crippen LogP contribution in [0.4, 0.5) is 0 Å². The van der Waals surface area contributed by atoms with Crippen molar-refractivity contribution in [2.75, 3.05) is 0 Å². The summed E-state index contributed by atoms with van der Waals surface area (Å²) in [6.07, 6.45) is 1.92. The van der Waals surface area contributed by atoms with E-state index in [1.54, 1.807) is 0 Å². The van der Waals surface area contributed by atoms with Crippen LogP contribution in [0.2, 0.25) is 0 Å². The van der Waals surface area contributed by atoms with Crippen LogP contribution in [-0.4, -0.2) is 24.2 Å². The summed E-state index contributed by atoms with van der Waals surface area (Å²) >= 11 is 0. The first kappa shape index (κ1) is 33.9. The van der Waals surface area contributed by atoms with E-state index in [1.165, 1.54) is 21.9 Å². The molecular formula is C43H42N6Pt. The van der Waals surface area contributed by atoms with E-state index in [-0.39, 0.29) is 37.3 Å². The van der Waals surface area contributed by atoms with Crippen molar-refractivity contribution in [3.63, 3.8) is 0 Å². The summed E-state index contributed by atoms with van der Waals surface area (Å²) in [5.41, 5.74) is 9.90. The molecule has 8 rings (SSSR count). The minimum absolute atomic E-state index is 0. The molecule has 5 aromatic heterocycles. The quantitative estimate of drug-likeness (QED) is 0.166. The number of aromatic nitrogens is 6. The van der Waals surface area contributed by atoms with Gasteiger partial charge < -0.3 is 19.3 Å². The minimum Gasteiger partial charge on any atom is -0.573 e. The van der Waals surface area contributed by atoms with Gasteiger partial charge in [-0.1, -0.05) is 110 Å². The number of pyridine rings is 2. The zero-order chi connectivity index (χ0) is 34.5. The average molecular weight is 838 g/mol. The zero-order valence-corrected chi connectivity index (χ0v) is 32.4. The van der Waals surface area contributed by atoms with Gasteiger partial charge in [-0.05, 0) is 69.8 Å². The summed E-state index contributed by atoms with van der Waals surface area (Å²) in [5, 5.41) is 13.6. The summed E-state index contributed by atoms with van der Waals surface area (Å²) in [4.78, 5) is 10.2. The van der Waals surface area contributed by atoms with Gasteiger partial charge >= 0.3 is 21.1 Å². The van der Waals surface area contributed by atoms with E-state index in [1.807, 2.05) is 6.20 Å². The Morgan fingerprint density at radius 3 is 2.04 bits per heavy atom. The largest absolute Gasteiger partial charge is 2.00 e. The minimum atomic E-state index is -0.0995. The molecule has 0 unspecified atom stereocenters. The van der Waals surface area contributed by atoms with Crippen molar-refractivity contribution in [1.82, 2.24) is 29.3 Å². The van der Waals surface area contributed by atoms with Crippen molar-refractivity contribution in [2.45, 2.75) is 78.6 Å². The van der Waals surface area contributed by atoms with Gasteiger partial charge in [0.05, 0.1) is 11.2 Å². The summed E-state index contributed by atoms with van der Waals surface area (Å²) in [5.74, 6) is 0.883. The molecule has 3 aromatic carbocycles. The third-order valence-corrected chi connectivity index (χ3v) is 9.70. The van der Waals surface area contributed by atoms with Crippen molar-refractivity contribution in [2.24, 2.45) is 0 Å². The van der Waals surface area contributed by atoms with E-state index in [4.69, 9.17) is 9.97 Å². The molecule has 0 fully saturated rings. The number of nitrogens with zero attached hydrogens (tertiary/aromatic N) is 6. The van der Waals surface area contributed by atoms with Crippen LogP contribution < -0.4 is 5.10 Å². The van der Waals surface area contributed by atoms with Crippen LogP contribution >= 0.6 is 0 Å². The molecule has 0 saturated carbocycles. The number of rotatable bonds is 3. The molecule has 0 saturated heterocycles. The molecule has 0 N–H and O–H groups in total. The van der Waals surface area contributed by atoms with Crippen molar-refractivity contribution < 1.29 is 21.1 Å². The van der Waals surface area contributed by atoms with Crippen LogP contribution in [0, 0.1) is 6.07 Å². The molecule has 50 heavy (non-hydrogen) atoms. The maximum absolute atomic E-state index is 5.31. The van der Waals surface area contributed by atoms with E-state index < -0.39 is 0 Å². The second kappa shape index (κ2) is 11.8. The topological polar surface area (TPSA) is 62.6 Å². The van der Waals surface area contributed by atoms with E-state index in [0.717, 1.165) is 61.6 Å². The molecule has 6 nitrogen and oxygen atoms in total. The maximum Gasteiger partial charge on any atom is 2.00 e. The fourth-order valence-corrected chi connectivity index (χ4v) is 6.79. The zero-order valence-electron chi connectivity index (χ0n) is 30.2. The molecule has 0 bridgehead atoms. The Hall–Kier alpha value is -4.54. The van der Waals surface area contributed by atoms with E-state index in [2.05, 4.69) is 173 Å². The predicted octanol–water partition coefficient (Wildman–Crippen LogP) is 10.4. The molecule has 0 aliphatic heterocycles. The van der Waals surface area contributed by atoms with E-state index >= 15 is 0 Å². The van der Waals surface area contributed by atoms with Crippen molar-refractivity contribution in [3.05, 3.63) is 114 Å². The first-order valence-electron chi connectivity index (χ1n) is 17.1. The number of benzene rings is 3. The Kier molecular flexibility index (Phi) is 7.99. The van der Waals surface area contributed by atoms with Gasteiger partial charge in [0.2, 0.25) is 0 Å². The van der Waals surface area contributed by atoms with Crippen LogP contribution in [0.5, 0.6) is 0 Å².